The Bertz CT molecular complexity index is 1040. The molecule has 0 unspecified atom stereocenters. The van der Waals surface area contributed by atoms with E-state index in [1.165, 1.54) is 18.0 Å². The van der Waals surface area contributed by atoms with Gasteiger partial charge in [0.2, 0.25) is 5.95 Å². The molecule has 4 rings (SSSR count). The first kappa shape index (κ1) is 30.5. The van der Waals surface area contributed by atoms with E-state index in [4.69, 9.17) is 24.5 Å². The van der Waals surface area contributed by atoms with E-state index < -0.39 is 30.1 Å². The van der Waals surface area contributed by atoms with Gasteiger partial charge in [0.25, 0.3) is 0 Å². The lowest BCUT2D eigenvalue weighted by Crippen LogP contribution is -2.50. The Balaban J connectivity index is 0.000000301. The van der Waals surface area contributed by atoms with E-state index in [-0.39, 0.29) is 6.10 Å². The van der Waals surface area contributed by atoms with Gasteiger partial charge in [0.1, 0.15) is 11.9 Å². The summed E-state index contributed by atoms with van der Waals surface area (Å²) in [6.45, 7) is 5.71. The van der Waals surface area contributed by atoms with Crippen LogP contribution in [0.15, 0.2) is 36.7 Å². The van der Waals surface area contributed by atoms with Crippen LogP contribution in [0.4, 0.5) is 36.7 Å². The lowest BCUT2D eigenvalue weighted by Gasteiger charge is -2.37. The molecule has 0 radical (unpaired) electrons. The normalized spacial score (nSPS) is 19.3. The number of hydrogen-bond donors (Lipinski definition) is 2. The van der Waals surface area contributed by atoms with E-state index in [0.29, 0.717) is 12.0 Å². The molecule has 0 bridgehead atoms. The van der Waals surface area contributed by atoms with Gasteiger partial charge >= 0.3 is 24.3 Å². The first-order chi connectivity index (χ1) is 17.6. The van der Waals surface area contributed by atoms with Crippen LogP contribution in [0.1, 0.15) is 12.0 Å². The smallest absolute Gasteiger partial charge is 0.489 e. The van der Waals surface area contributed by atoms with Crippen LogP contribution in [-0.4, -0.2) is 87.7 Å². The molecule has 2 saturated heterocycles. The Labute approximate surface area is 211 Å². The van der Waals surface area contributed by atoms with Crippen molar-refractivity contribution in [2.45, 2.75) is 37.8 Å². The number of benzene rings is 1. The van der Waals surface area contributed by atoms with E-state index in [0.717, 1.165) is 38.3 Å². The zero-order chi connectivity index (χ0) is 28.7. The molecule has 1 aromatic carbocycles. The highest BCUT2D eigenvalue weighted by Crippen LogP contribution is 2.27. The number of carboxylic acids is 2. The van der Waals surface area contributed by atoms with Crippen LogP contribution in [0.5, 0.6) is 5.75 Å². The molecule has 2 atom stereocenters. The number of carbonyl (C=O) groups is 2. The molecule has 0 saturated carbocycles. The van der Waals surface area contributed by atoms with Crippen LogP contribution >= 0.6 is 0 Å². The maximum absolute atomic E-state index is 13.0. The second-order valence-electron chi connectivity index (χ2n) is 8.19. The van der Waals surface area contributed by atoms with Crippen LogP contribution in [0.3, 0.4) is 0 Å². The summed E-state index contributed by atoms with van der Waals surface area (Å²) in [6, 6.07) is 8.65. The maximum Gasteiger partial charge on any atom is 0.490 e. The number of halogens is 7. The van der Waals surface area contributed by atoms with Crippen LogP contribution in [-0.2, 0) is 9.59 Å². The molecule has 16 heteroatoms. The van der Waals surface area contributed by atoms with Gasteiger partial charge in [-0.2, -0.15) is 26.3 Å². The summed E-state index contributed by atoms with van der Waals surface area (Å²) >= 11 is 0. The van der Waals surface area contributed by atoms with Gasteiger partial charge in [-0.3, -0.25) is 4.90 Å². The predicted octanol–water partition coefficient (Wildman–Crippen LogP) is 3.53. The SMILES string of the molecule is Cc1ccc(O[C@@H]2C[C@H]3CN(c4ncc(F)cn4)CCN3C2)cc1.O=C(O)C(F)(F)F.O=C(O)C(F)(F)F. The topological polar surface area (TPSA) is 116 Å². The van der Waals surface area contributed by atoms with Gasteiger partial charge < -0.3 is 19.8 Å². The summed E-state index contributed by atoms with van der Waals surface area (Å²) in [7, 11) is 0. The summed E-state index contributed by atoms with van der Waals surface area (Å²) in [5.74, 6) is -4.37. The number of hydrogen-bond acceptors (Lipinski definition) is 7. The third-order valence-electron chi connectivity index (χ3n) is 5.28. The van der Waals surface area contributed by atoms with Crippen LogP contribution < -0.4 is 9.64 Å². The van der Waals surface area contributed by atoms with Gasteiger partial charge in [-0.25, -0.2) is 23.9 Å². The van der Waals surface area contributed by atoms with Gasteiger partial charge in [0, 0.05) is 38.6 Å². The van der Waals surface area contributed by atoms with Crippen molar-refractivity contribution in [3.05, 3.63) is 48.0 Å². The fourth-order valence-corrected chi connectivity index (χ4v) is 3.54. The molecule has 9 nitrogen and oxygen atoms in total. The van der Waals surface area contributed by atoms with Crippen molar-refractivity contribution in [3.8, 4) is 5.75 Å². The second kappa shape index (κ2) is 12.7. The minimum absolute atomic E-state index is 0.215. The Morgan fingerprint density at radius 2 is 1.42 bits per heavy atom. The average Bonchev–Trinajstić information content (AvgIpc) is 3.22. The van der Waals surface area contributed by atoms with E-state index in [1.54, 1.807) is 0 Å². The molecule has 2 aromatic rings. The lowest BCUT2D eigenvalue weighted by molar-refractivity contribution is -0.193. The lowest BCUT2D eigenvalue weighted by atomic mass is 10.1. The van der Waals surface area contributed by atoms with Crippen LogP contribution in [0.25, 0.3) is 0 Å². The monoisotopic (exact) mass is 556 g/mol. The van der Waals surface area contributed by atoms with Crippen molar-refractivity contribution in [1.82, 2.24) is 14.9 Å². The second-order valence-corrected chi connectivity index (χ2v) is 8.19. The summed E-state index contributed by atoms with van der Waals surface area (Å²) in [5, 5.41) is 14.2. The zero-order valence-corrected chi connectivity index (χ0v) is 19.7. The highest BCUT2D eigenvalue weighted by molar-refractivity contribution is 5.73. The van der Waals surface area contributed by atoms with Crippen molar-refractivity contribution < 1.29 is 55.3 Å². The number of ether oxygens (including phenoxy) is 1. The minimum Gasteiger partial charge on any atom is -0.489 e. The van der Waals surface area contributed by atoms with E-state index in [1.807, 2.05) is 12.1 Å². The number of rotatable bonds is 3. The fourth-order valence-electron chi connectivity index (χ4n) is 3.54. The molecule has 1 aromatic heterocycles. The third-order valence-corrected chi connectivity index (χ3v) is 5.28. The molecule has 38 heavy (non-hydrogen) atoms. The first-order valence-corrected chi connectivity index (χ1v) is 10.9. The molecule has 3 heterocycles. The molecule has 2 aliphatic heterocycles. The van der Waals surface area contributed by atoms with E-state index in [9.17, 15) is 30.7 Å². The number of aryl methyl sites for hydroxylation is 1. The van der Waals surface area contributed by atoms with Gasteiger partial charge in [-0.1, -0.05) is 17.7 Å². The van der Waals surface area contributed by atoms with Gasteiger partial charge in [0.15, 0.2) is 5.82 Å². The number of aromatic nitrogens is 2. The highest BCUT2D eigenvalue weighted by Gasteiger charge is 2.39. The van der Waals surface area contributed by atoms with Crippen molar-refractivity contribution in [2.24, 2.45) is 0 Å². The number of nitrogens with zero attached hydrogens (tertiary/aromatic N) is 4. The largest absolute Gasteiger partial charge is 0.490 e. The standard InChI is InChI=1S/C18H21FN4O.2C2HF3O2/c1-13-2-4-16(5-3-13)24-17-8-15-11-23(7-6-22(15)12-17)18-20-9-14(19)10-21-18;2*3-2(4,5)1(6)7/h2-5,9-10,15,17H,6-8,11-12H2,1H3;2*(H,6,7)/t15-,17+;;/m0../s1. The molecule has 2 N–H and O–H groups in total. The first-order valence-electron chi connectivity index (χ1n) is 10.9. The molecule has 2 fully saturated rings. The highest BCUT2D eigenvalue weighted by atomic mass is 19.4. The maximum atomic E-state index is 13.0. The predicted molar refractivity (Wildman–Crippen MR) is 117 cm³/mol. The zero-order valence-electron chi connectivity index (χ0n) is 19.7. The molecule has 210 valence electrons. The van der Waals surface area contributed by atoms with Crippen LogP contribution in [0, 0.1) is 12.7 Å². The fraction of sp³-hybridized carbons (Fsp3) is 0.455. The van der Waals surface area contributed by atoms with Crippen LogP contribution in [0.2, 0.25) is 0 Å². The van der Waals surface area contributed by atoms with Crippen molar-refractivity contribution >= 4 is 17.9 Å². The summed E-state index contributed by atoms with van der Waals surface area (Å²) < 4.78 is 82.6. The van der Waals surface area contributed by atoms with E-state index >= 15 is 0 Å². The molecular weight excluding hydrogens is 533 g/mol. The minimum atomic E-state index is -5.08. The van der Waals surface area contributed by atoms with Crippen molar-refractivity contribution in [1.29, 1.82) is 0 Å². The summed E-state index contributed by atoms with van der Waals surface area (Å²) in [6.07, 6.45) is -6.50. The Morgan fingerprint density at radius 1 is 0.921 bits per heavy atom. The number of anilines is 1. The van der Waals surface area contributed by atoms with E-state index in [2.05, 4.69) is 38.8 Å². The molecule has 0 amide bonds. The summed E-state index contributed by atoms with van der Waals surface area (Å²) in [4.78, 5) is 30.6. The average molecular weight is 556 g/mol. The molecule has 0 spiro atoms. The molecular formula is C22H23F7N4O5. The number of piperazine rings is 1. The van der Waals surface area contributed by atoms with Gasteiger partial charge in [0.05, 0.1) is 12.4 Å². The molecule has 2 aliphatic rings. The van der Waals surface area contributed by atoms with Gasteiger partial charge in [-0.05, 0) is 19.1 Å². The quantitative estimate of drug-likeness (QED) is 0.548. The molecule has 0 aliphatic carbocycles. The third kappa shape index (κ3) is 9.64. The van der Waals surface area contributed by atoms with Crippen molar-refractivity contribution in [3.63, 3.8) is 0 Å². The van der Waals surface area contributed by atoms with Crippen molar-refractivity contribution in [2.75, 3.05) is 31.1 Å². The van der Waals surface area contributed by atoms with Gasteiger partial charge in [-0.15, -0.1) is 0 Å². The number of alkyl halides is 6. The number of carboxylic acid groups (broad SMARTS) is 2. The number of fused-ring (bicyclic) bond motifs is 1. The summed E-state index contributed by atoms with van der Waals surface area (Å²) in [5.41, 5.74) is 1.24. The Morgan fingerprint density at radius 3 is 1.89 bits per heavy atom. The Hall–Kier alpha value is -3.69. The number of aliphatic carboxylic acids is 2. The Kier molecular flexibility index (Phi) is 10.2.